The lowest BCUT2D eigenvalue weighted by Crippen LogP contribution is -2.42. The normalized spacial score (nSPS) is 19.6. The molecule has 1 heterocycles. The van der Waals surface area contributed by atoms with Gasteiger partial charge in [-0.05, 0) is 12.8 Å². The van der Waals surface area contributed by atoms with E-state index in [0.717, 1.165) is 12.8 Å². The standard InChI is InChI=1S/C10H16N2O4/c1-7(13)11-6-9(14)12-4-2-3-8(12)5-10(15)16/h8H,2-6H2,1H3,(H,11,13)(H,15,16). The summed E-state index contributed by atoms with van der Waals surface area (Å²) in [5.41, 5.74) is 0. The highest BCUT2D eigenvalue weighted by Gasteiger charge is 2.29. The second kappa shape index (κ2) is 5.48. The smallest absolute Gasteiger partial charge is 0.305 e. The van der Waals surface area contributed by atoms with Crippen molar-refractivity contribution in [3.05, 3.63) is 0 Å². The molecule has 2 N–H and O–H groups in total. The van der Waals surface area contributed by atoms with Crippen molar-refractivity contribution >= 4 is 17.8 Å². The lowest BCUT2D eigenvalue weighted by atomic mass is 10.1. The van der Waals surface area contributed by atoms with Gasteiger partial charge < -0.3 is 15.3 Å². The fourth-order valence-corrected chi connectivity index (χ4v) is 1.88. The number of carboxylic acids is 1. The summed E-state index contributed by atoms with van der Waals surface area (Å²) in [5.74, 6) is -1.37. The molecule has 0 aromatic rings. The van der Waals surface area contributed by atoms with Crippen molar-refractivity contribution < 1.29 is 19.5 Å². The molecule has 1 fully saturated rings. The van der Waals surface area contributed by atoms with Crippen molar-refractivity contribution in [2.75, 3.05) is 13.1 Å². The van der Waals surface area contributed by atoms with E-state index in [1.165, 1.54) is 6.92 Å². The molecule has 0 aromatic heterocycles. The van der Waals surface area contributed by atoms with Gasteiger partial charge in [0.1, 0.15) is 0 Å². The number of carbonyl (C=O) groups is 3. The van der Waals surface area contributed by atoms with Gasteiger partial charge in [0.2, 0.25) is 11.8 Å². The molecule has 0 saturated carbocycles. The number of hydrogen-bond donors (Lipinski definition) is 2. The number of nitrogens with one attached hydrogen (secondary N) is 1. The van der Waals surface area contributed by atoms with Gasteiger partial charge in [-0.25, -0.2) is 0 Å². The average molecular weight is 228 g/mol. The minimum atomic E-state index is -0.899. The quantitative estimate of drug-likeness (QED) is 0.684. The molecular weight excluding hydrogens is 212 g/mol. The molecule has 1 unspecified atom stereocenters. The number of aliphatic carboxylic acids is 1. The van der Waals surface area contributed by atoms with Crippen LogP contribution in [0.5, 0.6) is 0 Å². The average Bonchev–Trinajstić information content (AvgIpc) is 2.61. The highest BCUT2D eigenvalue weighted by atomic mass is 16.4. The monoisotopic (exact) mass is 228 g/mol. The van der Waals surface area contributed by atoms with Gasteiger partial charge >= 0.3 is 5.97 Å². The van der Waals surface area contributed by atoms with Gasteiger partial charge in [-0.15, -0.1) is 0 Å². The minimum absolute atomic E-state index is 0.0220. The highest BCUT2D eigenvalue weighted by Crippen LogP contribution is 2.19. The molecule has 0 spiro atoms. The highest BCUT2D eigenvalue weighted by molar-refractivity contribution is 5.84. The Labute approximate surface area is 93.6 Å². The SMILES string of the molecule is CC(=O)NCC(=O)N1CCCC1CC(=O)O. The van der Waals surface area contributed by atoms with Crippen LogP contribution in [0.25, 0.3) is 0 Å². The molecule has 2 amide bonds. The number of carboxylic acid groups (broad SMARTS) is 1. The number of rotatable bonds is 4. The predicted octanol–water partition coefficient (Wildman–Crippen LogP) is -0.412. The lowest BCUT2D eigenvalue weighted by molar-refractivity contribution is -0.140. The van der Waals surface area contributed by atoms with Crippen molar-refractivity contribution in [1.29, 1.82) is 0 Å². The number of hydrogen-bond acceptors (Lipinski definition) is 3. The van der Waals surface area contributed by atoms with Crippen LogP contribution in [-0.2, 0) is 14.4 Å². The van der Waals surface area contributed by atoms with Crippen LogP contribution in [0.3, 0.4) is 0 Å². The van der Waals surface area contributed by atoms with Gasteiger partial charge in [-0.1, -0.05) is 0 Å². The zero-order chi connectivity index (χ0) is 12.1. The Hall–Kier alpha value is -1.59. The second-order valence-corrected chi connectivity index (χ2v) is 3.89. The maximum absolute atomic E-state index is 11.7. The molecule has 1 atom stereocenters. The van der Waals surface area contributed by atoms with E-state index in [9.17, 15) is 14.4 Å². The molecule has 0 bridgehead atoms. The van der Waals surface area contributed by atoms with E-state index < -0.39 is 5.97 Å². The van der Waals surface area contributed by atoms with Crippen molar-refractivity contribution in [1.82, 2.24) is 10.2 Å². The van der Waals surface area contributed by atoms with E-state index in [1.807, 2.05) is 0 Å². The molecule has 1 aliphatic rings. The first-order chi connectivity index (χ1) is 7.50. The van der Waals surface area contributed by atoms with Gasteiger partial charge in [0.15, 0.2) is 0 Å². The first-order valence-corrected chi connectivity index (χ1v) is 5.26. The summed E-state index contributed by atoms with van der Waals surface area (Å²) in [6.45, 7) is 1.87. The number of nitrogens with zero attached hydrogens (tertiary/aromatic N) is 1. The molecule has 0 radical (unpaired) electrons. The van der Waals surface area contributed by atoms with Crippen LogP contribution in [-0.4, -0.2) is 46.9 Å². The summed E-state index contributed by atoms with van der Waals surface area (Å²) in [6, 6.07) is -0.223. The molecule has 1 aliphatic heterocycles. The fourth-order valence-electron chi connectivity index (χ4n) is 1.88. The largest absolute Gasteiger partial charge is 0.481 e. The summed E-state index contributed by atoms with van der Waals surface area (Å²) < 4.78 is 0. The summed E-state index contributed by atoms with van der Waals surface area (Å²) in [4.78, 5) is 34.4. The van der Waals surface area contributed by atoms with Crippen LogP contribution in [0.15, 0.2) is 0 Å². The Morgan fingerprint density at radius 1 is 1.44 bits per heavy atom. The van der Waals surface area contributed by atoms with Gasteiger partial charge in [0.25, 0.3) is 0 Å². The third kappa shape index (κ3) is 3.52. The van der Waals surface area contributed by atoms with Crippen LogP contribution in [0.4, 0.5) is 0 Å². The zero-order valence-electron chi connectivity index (χ0n) is 9.23. The first-order valence-electron chi connectivity index (χ1n) is 5.26. The molecule has 6 heteroatoms. The number of likely N-dealkylation sites (tertiary alicyclic amines) is 1. The summed E-state index contributed by atoms with van der Waals surface area (Å²) >= 11 is 0. The number of carbonyl (C=O) groups excluding carboxylic acids is 2. The fraction of sp³-hybridized carbons (Fsp3) is 0.700. The van der Waals surface area contributed by atoms with Gasteiger partial charge in [0, 0.05) is 19.5 Å². The van der Waals surface area contributed by atoms with Crippen LogP contribution in [0.2, 0.25) is 0 Å². The molecule has 0 aromatic carbocycles. The van der Waals surface area contributed by atoms with E-state index in [1.54, 1.807) is 4.90 Å². The molecule has 90 valence electrons. The van der Waals surface area contributed by atoms with Crippen molar-refractivity contribution in [3.8, 4) is 0 Å². The summed E-state index contributed by atoms with van der Waals surface area (Å²) in [6.07, 6.45) is 1.52. The Morgan fingerprint density at radius 2 is 2.12 bits per heavy atom. The van der Waals surface area contributed by atoms with Crippen LogP contribution in [0, 0.1) is 0 Å². The molecule has 6 nitrogen and oxygen atoms in total. The molecule has 1 rings (SSSR count). The van der Waals surface area contributed by atoms with E-state index in [-0.39, 0.29) is 30.8 Å². The Morgan fingerprint density at radius 3 is 2.69 bits per heavy atom. The molecule has 0 aliphatic carbocycles. The van der Waals surface area contributed by atoms with E-state index >= 15 is 0 Å². The minimum Gasteiger partial charge on any atom is -0.481 e. The molecule has 1 saturated heterocycles. The maximum Gasteiger partial charge on any atom is 0.305 e. The second-order valence-electron chi connectivity index (χ2n) is 3.89. The zero-order valence-corrected chi connectivity index (χ0v) is 9.23. The maximum atomic E-state index is 11.7. The number of amides is 2. The Kier molecular flexibility index (Phi) is 4.28. The van der Waals surface area contributed by atoms with Crippen molar-refractivity contribution in [2.24, 2.45) is 0 Å². The third-order valence-corrected chi connectivity index (χ3v) is 2.60. The third-order valence-electron chi connectivity index (χ3n) is 2.60. The summed E-state index contributed by atoms with van der Waals surface area (Å²) in [7, 11) is 0. The Bertz CT molecular complexity index is 303. The van der Waals surface area contributed by atoms with Gasteiger partial charge in [0.05, 0.1) is 13.0 Å². The van der Waals surface area contributed by atoms with E-state index in [2.05, 4.69) is 5.32 Å². The topological polar surface area (TPSA) is 86.7 Å². The van der Waals surface area contributed by atoms with Crippen molar-refractivity contribution in [3.63, 3.8) is 0 Å². The van der Waals surface area contributed by atoms with Gasteiger partial charge in [-0.2, -0.15) is 0 Å². The van der Waals surface area contributed by atoms with Crippen molar-refractivity contribution in [2.45, 2.75) is 32.2 Å². The van der Waals surface area contributed by atoms with E-state index in [4.69, 9.17) is 5.11 Å². The lowest BCUT2D eigenvalue weighted by Gasteiger charge is -2.23. The molecular formula is C10H16N2O4. The van der Waals surface area contributed by atoms with Crippen LogP contribution in [0.1, 0.15) is 26.2 Å². The van der Waals surface area contributed by atoms with Crippen LogP contribution >= 0.6 is 0 Å². The first kappa shape index (κ1) is 12.5. The molecule has 16 heavy (non-hydrogen) atoms. The predicted molar refractivity (Wildman–Crippen MR) is 55.7 cm³/mol. The van der Waals surface area contributed by atoms with Gasteiger partial charge in [-0.3, -0.25) is 14.4 Å². The van der Waals surface area contributed by atoms with E-state index in [0.29, 0.717) is 6.54 Å². The van der Waals surface area contributed by atoms with Crippen LogP contribution < -0.4 is 5.32 Å². The Balaban J connectivity index is 2.47. The summed E-state index contributed by atoms with van der Waals surface area (Å²) in [5, 5.41) is 11.1.